The Morgan fingerprint density at radius 1 is 1.17 bits per heavy atom. The van der Waals surface area contributed by atoms with Gasteiger partial charge in [-0.1, -0.05) is 30.3 Å². The van der Waals surface area contributed by atoms with Crippen LogP contribution >= 0.6 is 0 Å². The molecule has 5 nitrogen and oxygen atoms in total. The van der Waals surface area contributed by atoms with Crippen molar-refractivity contribution in [1.29, 1.82) is 0 Å². The van der Waals surface area contributed by atoms with E-state index >= 15 is 0 Å². The molecular weight excluding hydrogens is 304 g/mol. The first kappa shape index (κ1) is 16.1. The van der Waals surface area contributed by atoms with Crippen LogP contribution in [-0.4, -0.2) is 31.5 Å². The van der Waals surface area contributed by atoms with Crippen molar-refractivity contribution in [3.8, 4) is 5.75 Å². The van der Waals surface area contributed by atoms with Gasteiger partial charge in [0.05, 0.1) is 19.6 Å². The van der Waals surface area contributed by atoms with Gasteiger partial charge in [-0.3, -0.25) is 9.59 Å². The number of nitrogens with one attached hydrogen (secondary N) is 1. The Kier molecular flexibility index (Phi) is 4.79. The maximum atomic E-state index is 12.2. The Labute approximate surface area is 141 Å². The number of benzene rings is 2. The number of nitrogens with zero attached hydrogens (tertiary/aromatic N) is 1. The molecule has 0 spiro atoms. The van der Waals surface area contributed by atoms with E-state index in [1.807, 2.05) is 54.6 Å². The number of hydrogen-bond acceptors (Lipinski definition) is 3. The molecule has 0 aliphatic carbocycles. The summed E-state index contributed by atoms with van der Waals surface area (Å²) in [6.45, 7) is 0.492. The SMILES string of the molecule is COc1ccc(N2CC(NC(=O)Cc3ccccc3)CC2=O)cc1. The van der Waals surface area contributed by atoms with E-state index in [9.17, 15) is 9.59 Å². The van der Waals surface area contributed by atoms with Gasteiger partial charge in [-0.05, 0) is 29.8 Å². The fourth-order valence-corrected chi connectivity index (χ4v) is 2.88. The van der Waals surface area contributed by atoms with Crippen LogP contribution < -0.4 is 15.0 Å². The van der Waals surface area contributed by atoms with Crippen LogP contribution in [0.5, 0.6) is 5.75 Å². The molecule has 0 saturated carbocycles. The van der Waals surface area contributed by atoms with Crippen molar-refractivity contribution in [2.24, 2.45) is 0 Å². The van der Waals surface area contributed by atoms with Gasteiger partial charge in [0.15, 0.2) is 0 Å². The van der Waals surface area contributed by atoms with Gasteiger partial charge in [0.2, 0.25) is 11.8 Å². The molecule has 2 amide bonds. The largest absolute Gasteiger partial charge is 0.497 e. The molecule has 2 aromatic carbocycles. The second-order valence-electron chi connectivity index (χ2n) is 5.83. The Morgan fingerprint density at radius 2 is 1.88 bits per heavy atom. The van der Waals surface area contributed by atoms with Gasteiger partial charge in [0.1, 0.15) is 5.75 Å². The predicted molar refractivity (Wildman–Crippen MR) is 92.0 cm³/mol. The van der Waals surface area contributed by atoms with Crippen molar-refractivity contribution in [2.45, 2.75) is 18.9 Å². The Morgan fingerprint density at radius 3 is 2.54 bits per heavy atom. The number of rotatable bonds is 5. The summed E-state index contributed by atoms with van der Waals surface area (Å²) in [7, 11) is 1.61. The lowest BCUT2D eigenvalue weighted by atomic mass is 10.1. The number of amides is 2. The van der Waals surface area contributed by atoms with Crippen molar-refractivity contribution in [2.75, 3.05) is 18.6 Å². The van der Waals surface area contributed by atoms with Gasteiger partial charge in [0.25, 0.3) is 0 Å². The first-order valence-electron chi connectivity index (χ1n) is 7.93. The minimum absolute atomic E-state index is 0.0187. The van der Waals surface area contributed by atoms with Crippen molar-refractivity contribution >= 4 is 17.5 Å². The van der Waals surface area contributed by atoms with Crippen molar-refractivity contribution in [3.63, 3.8) is 0 Å². The topological polar surface area (TPSA) is 58.6 Å². The van der Waals surface area contributed by atoms with E-state index in [0.29, 0.717) is 19.4 Å². The second kappa shape index (κ2) is 7.17. The molecule has 2 aromatic rings. The molecule has 3 rings (SSSR count). The highest BCUT2D eigenvalue weighted by Crippen LogP contribution is 2.24. The van der Waals surface area contributed by atoms with Crippen molar-refractivity contribution in [1.82, 2.24) is 5.32 Å². The fourth-order valence-electron chi connectivity index (χ4n) is 2.88. The van der Waals surface area contributed by atoms with Crippen LogP contribution in [0.1, 0.15) is 12.0 Å². The van der Waals surface area contributed by atoms with E-state index in [4.69, 9.17) is 4.74 Å². The van der Waals surface area contributed by atoms with E-state index in [1.165, 1.54) is 0 Å². The monoisotopic (exact) mass is 324 g/mol. The van der Waals surface area contributed by atoms with E-state index in [-0.39, 0.29) is 17.9 Å². The van der Waals surface area contributed by atoms with Gasteiger partial charge in [-0.15, -0.1) is 0 Å². The summed E-state index contributed by atoms with van der Waals surface area (Å²) in [6.07, 6.45) is 0.653. The number of ether oxygens (including phenoxy) is 1. The molecule has 0 bridgehead atoms. The standard InChI is InChI=1S/C19H20N2O3/c1-24-17-9-7-16(8-10-17)21-13-15(12-19(21)23)20-18(22)11-14-5-3-2-4-6-14/h2-10,15H,11-13H2,1H3,(H,20,22). The highest BCUT2D eigenvalue weighted by molar-refractivity contribution is 5.97. The van der Waals surface area contributed by atoms with Crippen LogP contribution in [0.15, 0.2) is 54.6 Å². The Hall–Kier alpha value is -2.82. The molecule has 0 radical (unpaired) electrons. The lowest BCUT2D eigenvalue weighted by molar-refractivity contribution is -0.121. The van der Waals surface area contributed by atoms with Gasteiger partial charge >= 0.3 is 0 Å². The fraction of sp³-hybridized carbons (Fsp3) is 0.263. The number of methoxy groups -OCH3 is 1. The Balaban J connectivity index is 1.59. The normalized spacial score (nSPS) is 17.0. The first-order chi connectivity index (χ1) is 11.7. The van der Waals surface area contributed by atoms with Gasteiger partial charge in [-0.25, -0.2) is 0 Å². The number of anilines is 1. The lowest BCUT2D eigenvalue weighted by Gasteiger charge is -2.17. The maximum Gasteiger partial charge on any atom is 0.229 e. The molecule has 1 aliphatic heterocycles. The average Bonchev–Trinajstić information content (AvgIpc) is 2.96. The molecule has 0 aromatic heterocycles. The van der Waals surface area contributed by atoms with Crippen LogP contribution in [0.3, 0.4) is 0 Å². The minimum Gasteiger partial charge on any atom is -0.497 e. The predicted octanol–water partition coefficient (Wildman–Crippen LogP) is 2.16. The zero-order valence-electron chi connectivity index (χ0n) is 13.6. The zero-order valence-corrected chi connectivity index (χ0v) is 13.6. The molecule has 1 atom stereocenters. The first-order valence-corrected chi connectivity index (χ1v) is 7.93. The lowest BCUT2D eigenvalue weighted by Crippen LogP contribution is -2.38. The summed E-state index contributed by atoms with van der Waals surface area (Å²) < 4.78 is 5.13. The Bertz CT molecular complexity index is 713. The summed E-state index contributed by atoms with van der Waals surface area (Å²) >= 11 is 0. The van der Waals surface area contributed by atoms with Gasteiger partial charge in [0, 0.05) is 18.7 Å². The van der Waals surface area contributed by atoms with Crippen molar-refractivity contribution in [3.05, 3.63) is 60.2 Å². The van der Waals surface area contributed by atoms with Gasteiger partial charge < -0.3 is 15.0 Å². The molecule has 1 fully saturated rings. The van der Waals surface area contributed by atoms with E-state index in [2.05, 4.69) is 5.32 Å². The summed E-state index contributed by atoms with van der Waals surface area (Å²) in [4.78, 5) is 26.1. The van der Waals surface area contributed by atoms with E-state index in [1.54, 1.807) is 12.0 Å². The molecular formula is C19H20N2O3. The van der Waals surface area contributed by atoms with E-state index < -0.39 is 0 Å². The maximum absolute atomic E-state index is 12.2. The highest BCUT2D eigenvalue weighted by atomic mass is 16.5. The molecule has 1 aliphatic rings. The third-order valence-electron chi connectivity index (χ3n) is 4.08. The molecule has 24 heavy (non-hydrogen) atoms. The zero-order chi connectivity index (χ0) is 16.9. The minimum atomic E-state index is -0.157. The van der Waals surface area contributed by atoms with Crippen LogP contribution in [-0.2, 0) is 16.0 Å². The second-order valence-corrected chi connectivity index (χ2v) is 5.83. The average molecular weight is 324 g/mol. The van der Waals surface area contributed by atoms with Crippen LogP contribution in [0, 0.1) is 0 Å². The number of hydrogen-bond donors (Lipinski definition) is 1. The molecule has 124 valence electrons. The summed E-state index contributed by atoms with van der Waals surface area (Å²) in [5, 5.41) is 2.95. The quantitative estimate of drug-likeness (QED) is 0.917. The third kappa shape index (κ3) is 3.74. The summed E-state index contributed by atoms with van der Waals surface area (Å²) in [6, 6.07) is 16.8. The number of carbonyl (C=O) groups is 2. The van der Waals surface area contributed by atoms with Crippen molar-refractivity contribution < 1.29 is 14.3 Å². The molecule has 1 heterocycles. The molecule has 1 saturated heterocycles. The molecule has 1 N–H and O–H groups in total. The van der Waals surface area contributed by atoms with E-state index in [0.717, 1.165) is 17.0 Å². The molecule has 5 heteroatoms. The summed E-state index contributed by atoms with van der Waals surface area (Å²) in [5.74, 6) is 0.707. The van der Waals surface area contributed by atoms with Crippen LogP contribution in [0.25, 0.3) is 0 Å². The number of carbonyl (C=O) groups excluding carboxylic acids is 2. The highest BCUT2D eigenvalue weighted by Gasteiger charge is 2.31. The van der Waals surface area contributed by atoms with Crippen LogP contribution in [0.4, 0.5) is 5.69 Å². The smallest absolute Gasteiger partial charge is 0.229 e. The molecule has 1 unspecified atom stereocenters. The van der Waals surface area contributed by atoms with Gasteiger partial charge in [-0.2, -0.15) is 0 Å². The summed E-state index contributed by atoms with van der Waals surface area (Å²) in [5.41, 5.74) is 1.78. The van der Waals surface area contributed by atoms with Crippen LogP contribution in [0.2, 0.25) is 0 Å². The third-order valence-corrected chi connectivity index (χ3v) is 4.08.